The summed E-state index contributed by atoms with van der Waals surface area (Å²) in [6, 6.07) is 12.2. The molecule has 0 radical (unpaired) electrons. The number of piperidine rings is 1. The molecule has 0 saturated carbocycles. The van der Waals surface area contributed by atoms with Crippen LogP contribution >= 0.6 is 22.9 Å². The van der Waals surface area contributed by atoms with E-state index in [-0.39, 0.29) is 0 Å². The van der Waals surface area contributed by atoms with E-state index in [0.717, 1.165) is 54.9 Å². The first kappa shape index (κ1) is 17.5. The molecule has 2 N–H and O–H groups in total. The molecule has 3 aromatic heterocycles. The van der Waals surface area contributed by atoms with Crippen LogP contribution in [0.15, 0.2) is 42.6 Å². The molecule has 0 atom stereocenters. The van der Waals surface area contributed by atoms with Gasteiger partial charge in [0.05, 0.1) is 16.6 Å². The lowest BCUT2D eigenvalue weighted by molar-refractivity contribution is 0.201. The maximum Gasteiger partial charge on any atom is 0.148 e. The van der Waals surface area contributed by atoms with E-state index in [2.05, 4.69) is 43.6 Å². The summed E-state index contributed by atoms with van der Waals surface area (Å²) in [5.74, 6) is 1.45. The first-order valence-electron chi connectivity index (χ1n) is 8.92. The van der Waals surface area contributed by atoms with Crippen molar-refractivity contribution in [2.24, 2.45) is 0 Å². The molecule has 4 heterocycles. The van der Waals surface area contributed by atoms with Crippen molar-refractivity contribution in [1.29, 1.82) is 0 Å². The number of nitrogens with one attached hydrogen (secondary N) is 2. The van der Waals surface area contributed by atoms with Crippen molar-refractivity contribution in [2.45, 2.75) is 31.8 Å². The van der Waals surface area contributed by atoms with Crippen LogP contribution in [0.5, 0.6) is 0 Å². The van der Waals surface area contributed by atoms with Crippen LogP contribution < -0.4 is 5.32 Å². The van der Waals surface area contributed by atoms with E-state index in [9.17, 15) is 0 Å². The van der Waals surface area contributed by atoms with Gasteiger partial charge >= 0.3 is 0 Å². The number of anilines is 1. The van der Waals surface area contributed by atoms with Crippen LogP contribution in [0.1, 0.15) is 35.0 Å². The monoisotopic (exact) mass is 387 g/mol. The Bertz CT molecular complexity index is 823. The van der Waals surface area contributed by atoms with Gasteiger partial charge in [-0.3, -0.25) is 15.0 Å². The Hall–Kier alpha value is -1.89. The largest absolute Gasteiger partial charge is 0.364 e. The van der Waals surface area contributed by atoms with Gasteiger partial charge in [-0.2, -0.15) is 5.10 Å². The molecule has 1 fully saturated rings. The van der Waals surface area contributed by atoms with Crippen molar-refractivity contribution in [1.82, 2.24) is 20.1 Å². The van der Waals surface area contributed by atoms with Gasteiger partial charge in [0.25, 0.3) is 0 Å². The number of thiophene rings is 1. The second-order valence-electron chi connectivity index (χ2n) is 6.64. The Kier molecular flexibility index (Phi) is 5.53. The average molecular weight is 388 g/mol. The van der Waals surface area contributed by atoms with Crippen molar-refractivity contribution in [3.05, 3.63) is 63.2 Å². The highest BCUT2D eigenvalue weighted by Crippen LogP contribution is 2.29. The highest BCUT2D eigenvalue weighted by Gasteiger charge is 2.22. The minimum absolute atomic E-state index is 0.550. The number of pyridine rings is 1. The lowest BCUT2D eigenvalue weighted by Gasteiger charge is -2.31. The van der Waals surface area contributed by atoms with Gasteiger partial charge in [-0.1, -0.05) is 17.7 Å². The smallest absolute Gasteiger partial charge is 0.148 e. The number of aromatic amines is 1. The van der Waals surface area contributed by atoms with Gasteiger partial charge < -0.3 is 5.32 Å². The number of nitrogens with zero attached hydrogens (tertiary/aromatic N) is 3. The minimum atomic E-state index is 0.550. The molecule has 1 saturated heterocycles. The van der Waals surface area contributed by atoms with Crippen molar-refractivity contribution in [3.63, 3.8) is 0 Å². The number of aromatic nitrogens is 3. The minimum Gasteiger partial charge on any atom is -0.364 e. The zero-order chi connectivity index (χ0) is 17.8. The van der Waals surface area contributed by atoms with Crippen molar-refractivity contribution in [2.75, 3.05) is 18.4 Å². The molecule has 136 valence electrons. The molecule has 4 rings (SSSR count). The third kappa shape index (κ3) is 4.44. The Labute approximate surface area is 162 Å². The SMILES string of the molecule is Clc1ccc(CNc2cc(C3CCN(Cc4ccccn4)CC3)[nH]n2)s1. The van der Waals surface area contributed by atoms with E-state index in [1.807, 2.05) is 24.4 Å². The molecule has 0 unspecified atom stereocenters. The van der Waals surface area contributed by atoms with E-state index in [0.29, 0.717) is 5.92 Å². The topological polar surface area (TPSA) is 56.8 Å². The number of hydrogen-bond acceptors (Lipinski definition) is 5. The third-order valence-corrected chi connectivity index (χ3v) is 6.04. The number of halogens is 1. The molecule has 0 bridgehead atoms. The fraction of sp³-hybridized carbons (Fsp3) is 0.368. The summed E-state index contributed by atoms with van der Waals surface area (Å²) in [6.45, 7) is 3.88. The summed E-state index contributed by atoms with van der Waals surface area (Å²) in [5.41, 5.74) is 2.38. The zero-order valence-corrected chi connectivity index (χ0v) is 16.1. The van der Waals surface area contributed by atoms with Gasteiger partial charge in [-0.25, -0.2) is 0 Å². The van der Waals surface area contributed by atoms with Gasteiger partial charge in [-0.15, -0.1) is 11.3 Å². The predicted octanol–water partition coefficient (Wildman–Crippen LogP) is 4.51. The summed E-state index contributed by atoms with van der Waals surface area (Å²) >= 11 is 7.57. The standard InChI is InChI=1S/C19H22ClN5S/c20-18-5-4-16(26-18)12-22-19-11-17(23-24-19)14-6-9-25(10-7-14)13-15-3-1-2-8-21-15/h1-5,8,11,14H,6-7,9-10,12-13H2,(H2,22,23,24). The summed E-state index contributed by atoms with van der Waals surface area (Å²) in [5, 5.41) is 11.0. The molecule has 0 amide bonds. The van der Waals surface area contributed by atoms with Crippen LogP contribution in [0, 0.1) is 0 Å². The van der Waals surface area contributed by atoms with E-state index in [1.54, 1.807) is 11.3 Å². The molecule has 5 nitrogen and oxygen atoms in total. The second kappa shape index (κ2) is 8.20. The molecule has 0 aromatic carbocycles. The molecule has 26 heavy (non-hydrogen) atoms. The maximum absolute atomic E-state index is 5.97. The van der Waals surface area contributed by atoms with Gasteiger partial charge in [-0.05, 0) is 50.2 Å². The lowest BCUT2D eigenvalue weighted by atomic mass is 9.93. The van der Waals surface area contributed by atoms with Crippen LogP contribution in [0.25, 0.3) is 0 Å². The molecule has 0 spiro atoms. The van der Waals surface area contributed by atoms with Crippen LogP contribution in [0.3, 0.4) is 0 Å². The van der Waals surface area contributed by atoms with E-state index < -0.39 is 0 Å². The van der Waals surface area contributed by atoms with Gasteiger partial charge in [0, 0.05) is 35.3 Å². The van der Waals surface area contributed by atoms with Crippen molar-refractivity contribution >= 4 is 28.8 Å². The summed E-state index contributed by atoms with van der Waals surface area (Å²) in [4.78, 5) is 8.12. The van der Waals surface area contributed by atoms with Crippen LogP contribution in [-0.2, 0) is 13.1 Å². The number of rotatable bonds is 6. The van der Waals surface area contributed by atoms with Gasteiger partial charge in [0.1, 0.15) is 5.82 Å². The summed E-state index contributed by atoms with van der Waals surface area (Å²) < 4.78 is 0.821. The van der Waals surface area contributed by atoms with E-state index in [1.165, 1.54) is 10.6 Å². The Morgan fingerprint density at radius 3 is 2.85 bits per heavy atom. The lowest BCUT2D eigenvalue weighted by Crippen LogP contribution is -2.32. The predicted molar refractivity (Wildman–Crippen MR) is 107 cm³/mol. The number of hydrogen-bond donors (Lipinski definition) is 2. The van der Waals surface area contributed by atoms with Gasteiger partial charge in [0.15, 0.2) is 0 Å². The molecular formula is C19H22ClN5S. The fourth-order valence-electron chi connectivity index (χ4n) is 3.38. The molecular weight excluding hydrogens is 366 g/mol. The summed E-state index contributed by atoms with van der Waals surface area (Å²) in [6.07, 6.45) is 4.16. The number of H-pyrrole nitrogens is 1. The quantitative estimate of drug-likeness (QED) is 0.653. The first-order valence-corrected chi connectivity index (χ1v) is 10.1. The molecule has 3 aromatic rings. The molecule has 7 heteroatoms. The molecule has 0 aliphatic carbocycles. The maximum atomic E-state index is 5.97. The average Bonchev–Trinajstić information content (AvgIpc) is 3.30. The van der Waals surface area contributed by atoms with Crippen molar-refractivity contribution in [3.8, 4) is 0 Å². The Balaban J connectivity index is 1.27. The van der Waals surface area contributed by atoms with E-state index >= 15 is 0 Å². The van der Waals surface area contributed by atoms with Crippen molar-refractivity contribution < 1.29 is 0 Å². The third-order valence-electron chi connectivity index (χ3n) is 4.81. The molecule has 1 aliphatic heterocycles. The zero-order valence-electron chi connectivity index (χ0n) is 14.5. The second-order valence-corrected chi connectivity index (χ2v) is 8.44. The summed E-state index contributed by atoms with van der Waals surface area (Å²) in [7, 11) is 0. The first-order chi connectivity index (χ1) is 12.8. The van der Waals surface area contributed by atoms with Crippen LogP contribution in [-0.4, -0.2) is 33.2 Å². The van der Waals surface area contributed by atoms with E-state index in [4.69, 9.17) is 11.6 Å². The van der Waals surface area contributed by atoms with Gasteiger partial charge in [0.2, 0.25) is 0 Å². The highest BCUT2D eigenvalue weighted by atomic mass is 35.5. The Morgan fingerprint density at radius 1 is 1.23 bits per heavy atom. The molecule has 1 aliphatic rings. The Morgan fingerprint density at radius 2 is 2.12 bits per heavy atom. The highest BCUT2D eigenvalue weighted by molar-refractivity contribution is 7.16. The normalized spacial score (nSPS) is 16.0. The number of likely N-dealkylation sites (tertiary alicyclic amines) is 1. The van der Waals surface area contributed by atoms with Crippen LogP contribution in [0.2, 0.25) is 4.34 Å². The van der Waals surface area contributed by atoms with Crippen LogP contribution in [0.4, 0.5) is 5.82 Å². The fourth-order valence-corrected chi connectivity index (χ4v) is 4.41.